The zero-order valence-corrected chi connectivity index (χ0v) is 19.4. The molecule has 0 bridgehead atoms. The van der Waals surface area contributed by atoms with Crippen molar-refractivity contribution in [3.05, 3.63) is 50.3 Å². The number of rotatable bonds is 8. The number of ether oxygens (including phenoxy) is 1. The summed E-state index contributed by atoms with van der Waals surface area (Å²) in [5, 5.41) is 21.6. The zero-order valence-electron chi connectivity index (χ0n) is 17.3. The molecule has 1 saturated heterocycles. The number of phenols is 1. The number of carbonyl (C=O) groups is 1. The number of carbonyl (C=O) groups excluding carboxylic acids is 1. The predicted octanol–water partition coefficient (Wildman–Crippen LogP) is 1.32. The van der Waals surface area contributed by atoms with Crippen LogP contribution in [0.4, 0.5) is 0 Å². The minimum Gasteiger partial charge on any atom is -0.507 e. The fraction of sp³-hybridized carbons (Fsp3) is 0.429. The smallest absolute Gasteiger partial charge is 0.281 e. The summed E-state index contributed by atoms with van der Waals surface area (Å²) in [4.78, 5) is 33.5. The number of benzene rings is 1. The summed E-state index contributed by atoms with van der Waals surface area (Å²) < 4.78 is 9.65. The largest absolute Gasteiger partial charge is 0.507 e. The van der Waals surface area contributed by atoms with Crippen LogP contribution in [0.25, 0.3) is 11.2 Å². The molecular weight excluding hydrogens is 527 g/mol. The first kappa shape index (κ1) is 22.7. The maximum Gasteiger partial charge on any atom is 0.281 e. The summed E-state index contributed by atoms with van der Waals surface area (Å²) in [6, 6.07) is 5.27. The molecule has 3 N–H and O–H groups in total. The second-order valence-electron chi connectivity index (χ2n) is 7.68. The molecule has 1 aliphatic rings. The SMILES string of the molecule is O=C(CCc1ccc(O)c([125I])c1)NCCn1cnc2c(ncn2[C@H]2CC[C@@H](CO)O2)c1=O. The molecular formula is C21H24IN5O5. The number of fused-ring (bicyclic) bond motifs is 1. The Labute approximate surface area is 197 Å². The Kier molecular flexibility index (Phi) is 7.06. The van der Waals surface area contributed by atoms with Crippen LogP contribution < -0.4 is 10.9 Å². The second-order valence-corrected chi connectivity index (χ2v) is 8.84. The quantitative estimate of drug-likeness (QED) is 0.360. The molecule has 170 valence electrons. The number of aliphatic hydroxyl groups is 1. The lowest BCUT2D eigenvalue weighted by Gasteiger charge is -2.14. The van der Waals surface area contributed by atoms with E-state index in [1.807, 2.05) is 28.7 Å². The summed E-state index contributed by atoms with van der Waals surface area (Å²) >= 11 is 2.05. The van der Waals surface area contributed by atoms with E-state index in [0.717, 1.165) is 22.0 Å². The normalized spacial score (nSPS) is 18.3. The molecule has 1 fully saturated rings. The van der Waals surface area contributed by atoms with Crippen molar-refractivity contribution in [3.63, 3.8) is 0 Å². The number of aryl methyl sites for hydroxylation is 1. The summed E-state index contributed by atoms with van der Waals surface area (Å²) in [6.45, 7) is 0.539. The average molecular weight is 551 g/mol. The Bertz CT molecular complexity index is 1180. The summed E-state index contributed by atoms with van der Waals surface area (Å²) in [7, 11) is 0. The molecule has 0 radical (unpaired) electrons. The Morgan fingerprint density at radius 1 is 1.28 bits per heavy atom. The van der Waals surface area contributed by atoms with Crippen molar-refractivity contribution < 1.29 is 19.7 Å². The first-order chi connectivity index (χ1) is 15.5. The first-order valence-corrected chi connectivity index (χ1v) is 11.5. The molecule has 3 heterocycles. The van der Waals surface area contributed by atoms with E-state index < -0.39 is 0 Å². The second kappa shape index (κ2) is 9.96. The number of aliphatic hydroxyl groups excluding tert-OH is 1. The molecule has 0 spiro atoms. The van der Waals surface area contributed by atoms with Gasteiger partial charge in [0.1, 0.15) is 18.3 Å². The topological polar surface area (TPSA) is 132 Å². The van der Waals surface area contributed by atoms with Crippen molar-refractivity contribution in [2.45, 2.75) is 44.6 Å². The van der Waals surface area contributed by atoms with E-state index in [4.69, 9.17) is 4.74 Å². The molecule has 0 unspecified atom stereocenters. The summed E-state index contributed by atoms with van der Waals surface area (Å²) in [5.74, 6) is 0.112. The number of imidazole rings is 1. The molecule has 2 aromatic heterocycles. The van der Waals surface area contributed by atoms with Crippen LogP contribution in [0.5, 0.6) is 5.75 Å². The van der Waals surface area contributed by atoms with Crippen molar-refractivity contribution >= 4 is 39.7 Å². The highest BCUT2D eigenvalue weighted by molar-refractivity contribution is 14.1. The van der Waals surface area contributed by atoms with Crippen molar-refractivity contribution in [3.8, 4) is 5.75 Å². The van der Waals surface area contributed by atoms with Crippen LogP contribution in [0.15, 0.2) is 35.6 Å². The number of halogens is 1. The van der Waals surface area contributed by atoms with Crippen LogP contribution in [0, 0.1) is 3.57 Å². The molecule has 32 heavy (non-hydrogen) atoms. The molecule has 11 heteroatoms. The van der Waals surface area contributed by atoms with Crippen LogP contribution >= 0.6 is 22.6 Å². The van der Waals surface area contributed by atoms with E-state index in [-0.39, 0.29) is 48.2 Å². The van der Waals surface area contributed by atoms with Gasteiger partial charge < -0.3 is 20.3 Å². The van der Waals surface area contributed by atoms with Gasteiger partial charge in [0.05, 0.1) is 22.6 Å². The molecule has 0 aliphatic carbocycles. The van der Waals surface area contributed by atoms with Gasteiger partial charge in [0, 0.05) is 19.5 Å². The minimum absolute atomic E-state index is 0.0384. The number of phenolic OH excluding ortho intramolecular Hbond substituents is 1. The van der Waals surface area contributed by atoms with Gasteiger partial charge in [0.25, 0.3) is 5.56 Å². The van der Waals surface area contributed by atoms with Crippen molar-refractivity contribution in [2.75, 3.05) is 13.2 Å². The van der Waals surface area contributed by atoms with Crippen LogP contribution in [-0.4, -0.2) is 54.5 Å². The number of aromatic hydroxyl groups is 1. The van der Waals surface area contributed by atoms with Gasteiger partial charge in [-0.05, 0) is 59.5 Å². The predicted molar refractivity (Wildman–Crippen MR) is 124 cm³/mol. The lowest BCUT2D eigenvalue weighted by atomic mass is 10.1. The summed E-state index contributed by atoms with van der Waals surface area (Å²) in [6.07, 6.45) is 4.82. The third-order valence-corrected chi connectivity index (χ3v) is 6.34. The van der Waals surface area contributed by atoms with Crippen molar-refractivity contribution in [2.24, 2.45) is 0 Å². The van der Waals surface area contributed by atoms with E-state index >= 15 is 0 Å². The number of nitrogens with zero attached hydrogens (tertiary/aromatic N) is 4. The highest BCUT2D eigenvalue weighted by Crippen LogP contribution is 2.29. The molecule has 4 rings (SSSR count). The first-order valence-electron chi connectivity index (χ1n) is 10.4. The lowest BCUT2D eigenvalue weighted by molar-refractivity contribution is -0.121. The molecule has 3 aromatic rings. The molecule has 2 atom stereocenters. The third kappa shape index (κ3) is 4.94. The molecule has 1 amide bonds. The van der Waals surface area contributed by atoms with Crippen molar-refractivity contribution in [1.82, 2.24) is 24.4 Å². The van der Waals surface area contributed by atoms with Gasteiger partial charge in [-0.2, -0.15) is 0 Å². The lowest BCUT2D eigenvalue weighted by Crippen LogP contribution is -2.31. The van der Waals surface area contributed by atoms with Gasteiger partial charge in [0.15, 0.2) is 11.2 Å². The number of nitrogens with one attached hydrogen (secondary N) is 1. The summed E-state index contributed by atoms with van der Waals surface area (Å²) in [5.41, 5.74) is 1.39. The van der Waals surface area contributed by atoms with Gasteiger partial charge in [-0.25, -0.2) is 9.97 Å². The Hall–Kier alpha value is -2.51. The average Bonchev–Trinajstić information content (AvgIpc) is 3.43. The highest BCUT2D eigenvalue weighted by Gasteiger charge is 2.27. The molecule has 1 aromatic carbocycles. The third-order valence-electron chi connectivity index (χ3n) is 5.48. The maximum atomic E-state index is 12.8. The van der Waals surface area contributed by atoms with Gasteiger partial charge >= 0.3 is 0 Å². The highest BCUT2D eigenvalue weighted by atomic mass is 125. The fourth-order valence-electron chi connectivity index (χ4n) is 3.71. The zero-order chi connectivity index (χ0) is 22.7. The minimum atomic E-state index is -0.295. The van der Waals surface area contributed by atoms with Crippen LogP contribution in [0.1, 0.15) is 31.1 Å². The van der Waals surface area contributed by atoms with E-state index in [2.05, 4.69) is 15.3 Å². The Morgan fingerprint density at radius 2 is 2.12 bits per heavy atom. The van der Waals surface area contributed by atoms with Gasteiger partial charge in [-0.1, -0.05) is 6.07 Å². The monoisotopic (exact) mass is 551 g/mol. The van der Waals surface area contributed by atoms with Crippen LogP contribution in [0.2, 0.25) is 0 Å². The van der Waals surface area contributed by atoms with Crippen molar-refractivity contribution in [1.29, 1.82) is 0 Å². The maximum absolute atomic E-state index is 12.8. The van der Waals surface area contributed by atoms with E-state index in [1.165, 1.54) is 10.9 Å². The van der Waals surface area contributed by atoms with E-state index in [1.54, 1.807) is 23.0 Å². The number of aromatic nitrogens is 4. The fourth-order valence-corrected chi connectivity index (χ4v) is 4.29. The van der Waals surface area contributed by atoms with E-state index in [0.29, 0.717) is 25.0 Å². The number of amides is 1. The van der Waals surface area contributed by atoms with E-state index in [9.17, 15) is 19.8 Å². The Balaban J connectivity index is 1.32. The number of hydrogen-bond acceptors (Lipinski definition) is 7. The van der Waals surface area contributed by atoms with Gasteiger partial charge in [0.2, 0.25) is 5.91 Å². The van der Waals surface area contributed by atoms with Crippen LogP contribution in [0.3, 0.4) is 0 Å². The molecule has 1 aliphatic heterocycles. The van der Waals surface area contributed by atoms with Gasteiger partial charge in [-0.3, -0.25) is 18.7 Å². The molecule has 10 nitrogen and oxygen atoms in total. The standard InChI is InChI=1S/C21H24IN5O5/c22-15-9-13(1-4-16(15)29)2-5-17(30)23-7-8-26-11-25-20-19(21(26)31)24-12-27(20)18-6-3-14(10-28)32-18/h1,4,9,11-12,14,18,28-29H,2-3,5-8,10H2,(H,23,30)/t14-,18+/m0/s1/i22-2. The van der Waals surface area contributed by atoms with Gasteiger partial charge in [-0.15, -0.1) is 0 Å². The molecule has 0 saturated carbocycles. The Morgan fingerprint density at radius 3 is 2.88 bits per heavy atom. The number of hydrogen-bond donors (Lipinski definition) is 3. The van der Waals surface area contributed by atoms with Crippen LogP contribution in [-0.2, 0) is 22.5 Å².